The molecule has 0 amide bonds. The fourth-order valence-electron chi connectivity index (χ4n) is 2.27. The van der Waals surface area contributed by atoms with Crippen LogP contribution in [0.25, 0.3) is 0 Å². The summed E-state index contributed by atoms with van der Waals surface area (Å²) < 4.78 is 6.48. The lowest BCUT2D eigenvalue weighted by Gasteiger charge is -2.34. The molecule has 0 bridgehead atoms. The Bertz CT molecular complexity index is 380. The SMILES string of the molecule is CN(c1ccc(Br)cc1CCl)C1CCOCC1. The van der Waals surface area contributed by atoms with Crippen LogP contribution in [0.3, 0.4) is 0 Å². The molecule has 17 heavy (non-hydrogen) atoms. The van der Waals surface area contributed by atoms with Crippen molar-refractivity contribution in [2.24, 2.45) is 0 Å². The van der Waals surface area contributed by atoms with Crippen LogP contribution in [0.1, 0.15) is 18.4 Å². The first-order chi connectivity index (χ1) is 8.22. The second kappa shape index (κ2) is 6.07. The van der Waals surface area contributed by atoms with Crippen molar-refractivity contribution in [3.8, 4) is 0 Å². The molecule has 0 N–H and O–H groups in total. The zero-order valence-electron chi connectivity index (χ0n) is 9.96. The van der Waals surface area contributed by atoms with Crippen molar-refractivity contribution in [1.82, 2.24) is 0 Å². The highest BCUT2D eigenvalue weighted by Crippen LogP contribution is 2.28. The summed E-state index contributed by atoms with van der Waals surface area (Å²) in [4.78, 5) is 2.34. The first-order valence-electron chi connectivity index (χ1n) is 5.87. The maximum absolute atomic E-state index is 6.01. The van der Waals surface area contributed by atoms with Gasteiger partial charge in [0.05, 0.1) is 0 Å². The lowest BCUT2D eigenvalue weighted by molar-refractivity contribution is 0.0854. The second-order valence-corrected chi connectivity index (χ2v) is 5.54. The molecule has 1 aromatic rings. The van der Waals surface area contributed by atoms with E-state index in [9.17, 15) is 0 Å². The van der Waals surface area contributed by atoms with E-state index in [4.69, 9.17) is 16.3 Å². The van der Waals surface area contributed by atoms with E-state index in [0.717, 1.165) is 30.5 Å². The molecule has 0 spiro atoms. The molecular formula is C13H17BrClNO. The van der Waals surface area contributed by atoms with Gasteiger partial charge in [-0.15, -0.1) is 11.6 Å². The normalized spacial score (nSPS) is 17.1. The number of anilines is 1. The standard InChI is InChI=1S/C13H17BrClNO/c1-16(12-4-6-17-7-5-12)13-3-2-11(14)8-10(13)9-15/h2-3,8,12H,4-7,9H2,1H3. The molecule has 1 heterocycles. The van der Waals surface area contributed by atoms with Gasteiger partial charge in [0.15, 0.2) is 0 Å². The molecule has 4 heteroatoms. The van der Waals surface area contributed by atoms with Crippen molar-refractivity contribution >= 4 is 33.2 Å². The summed E-state index contributed by atoms with van der Waals surface area (Å²) in [5.74, 6) is 0.544. The van der Waals surface area contributed by atoms with E-state index in [2.05, 4.69) is 46.1 Å². The van der Waals surface area contributed by atoms with Gasteiger partial charge in [0, 0.05) is 42.3 Å². The topological polar surface area (TPSA) is 12.5 Å². The quantitative estimate of drug-likeness (QED) is 0.786. The minimum absolute atomic E-state index is 0.544. The van der Waals surface area contributed by atoms with Crippen LogP contribution in [-0.4, -0.2) is 26.3 Å². The van der Waals surface area contributed by atoms with Gasteiger partial charge in [0.2, 0.25) is 0 Å². The summed E-state index contributed by atoms with van der Waals surface area (Å²) in [5.41, 5.74) is 2.41. The molecule has 1 aliphatic heterocycles. The van der Waals surface area contributed by atoms with Crippen molar-refractivity contribution in [3.63, 3.8) is 0 Å². The molecule has 2 nitrogen and oxygen atoms in total. The van der Waals surface area contributed by atoms with Gasteiger partial charge in [0.25, 0.3) is 0 Å². The lowest BCUT2D eigenvalue weighted by atomic mass is 10.1. The molecule has 1 saturated heterocycles. The van der Waals surface area contributed by atoms with E-state index in [-0.39, 0.29) is 0 Å². The van der Waals surface area contributed by atoms with E-state index < -0.39 is 0 Å². The molecule has 0 unspecified atom stereocenters. The summed E-state index contributed by atoms with van der Waals surface area (Å²) in [5, 5.41) is 0. The summed E-state index contributed by atoms with van der Waals surface area (Å²) >= 11 is 9.50. The molecule has 2 rings (SSSR count). The Labute approximate surface area is 116 Å². The second-order valence-electron chi connectivity index (χ2n) is 4.36. The van der Waals surface area contributed by atoms with E-state index in [1.165, 1.54) is 11.3 Å². The number of rotatable bonds is 3. The average Bonchev–Trinajstić information content (AvgIpc) is 2.39. The molecule has 0 saturated carbocycles. The molecule has 0 atom stereocenters. The van der Waals surface area contributed by atoms with Crippen molar-refractivity contribution in [3.05, 3.63) is 28.2 Å². The molecule has 1 aromatic carbocycles. The number of halogens is 2. The number of nitrogens with zero attached hydrogens (tertiary/aromatic N) is 1. The molecule has 1 aliphatic rings. The molecule has 0 radical (unpaired) electrons. The molecular weight excluding hydrogens is 302 g/mol. The Balaban J connectivity index is 2.19. The summed E-state index contributed by atoms with van der Waals surface area (Å²) in [6, 6.07) is 6.86. The number of alkyl halides is 1. The number of hydrogen-bond acceptors (Lipinski definition) is 2. The van der Waals surface area contributed by atoms with Crippen LogP contribution in [0.15, 0.2) is 22.7 Å². The van der Waals surface area contributed by atoms with Gasteiger partial charge < -0.3 is 9.64 Å². The molecule has 0 aliphatic carbocycles. The minimum atomic E-state index is 0.544. The van der Waals surface area contributed by atoms with Gasteiger partial charge in [-0.2, -0.15) is 0 Å². The first kappa shape index (κ1) is 13.2. The third-order valence-electron chi connectivity index (χ3n) is 3.30. The number of benzene rings is 1. The first-order valence-corrected chi connectivity index (χ1v) is 7.20. The van der Waals surface area contributed by atoms with Gasteiger partial charge in [-0.1, -0.05) is 15.9 Å². The molecule has 94 valence electrons. The average molecular weight is 319 g/mol. The van der Waals surface area contributed by atoms with Crippen LogP contribution < -0.4 is 4.90 Å². The van der Waals surface area contributed by atoms with Crippen molar-refractivity contribution in [2.45, 2.75) is 24.8 Å². The van der Waals surface area contributed by atoms with Gasteiger partial charge in [-0.05, 0) is 36.6 Å². The van der Waals surface area contributed by atoms with E-state index in [0.29, 0.717) is 11.9 Å². The Morgan fingerprint density at radius 3 is 2.76 bits per heavy atom. The number of hydrogen-bond donors (Lipinski definition) is 0. The molecule has 0 aromatic heterocycles. The van der Waals surface area contributed by atoms with Gasteiger partial charge >= 0.3 is 0 Å². The van der Waals surface area contributed by atoms with E-state index >= 15 is 0 Å². The van der Waals surface area contributed by atoms with Gasteiger partial charge in [-0.25, -0.2) is 0 Å². The summed E-state index contributed by atoms with van der Waals surface area (Å²) in [6.07, 6.45) is 2.18. The Morgan fingerprint density at radius 2 is 2.12 bits per heavy atom. The van der Waals surface area contributed by atoms with Crippen LogP contribution in [0.2, 0.25) is 0 Å². The summed E-state index contributed by atoms with van der Waals surface area (Å²) in [6.45, 7) is 1.73. The van der Waals surface area contributed by atoms with Gasteiger partial charge in [-0.3, -0.25) is 0 Å². The third-order valence-corrected chi connectivity index (χ3v) is 4.09. The van der Waals surface area contributed by atoms with E-state index in [1.54, 1.807) is 0 Å². The predicted octanol–water partition coefficient (Wildman–Crippen LogP) is 3.80. The Kier molecular flexibility index (Phi) is 4.71. The predicted molar refractivity (Wildman–Crippen MR) is 75.9 cm³/mol. The highest BCUT2D eigenvalue weighted by Gasteiger charge is 2.20. The zero-order valence-corrected chi connectivity index (χ0v) is 12.3. The number of ether oxygens (including phenoxy) is 1. The lowest BCUT2D eigenvalue weighted by Crippen LogP contribution is -2.37. The fraction of sp³-hybridized carbons (Fsp3) is 0.538. The Hall–Kier alpha value is -0.250. The van der Waals surface area contributed by atoms with Crippen LogP contribution in [-0.2, 0) is 10.6 Å². The maximum atomic E-state index is 6.01. The highest BCUT2D eigenvalue weighted by molar-refractivity contribution is 9.10. The summed E-state index contributed by atoms with van der Waals surface area (Å²) in [7, 11) is 2.15. The highest BCUT2D eigenvalue weighted by atomic mass is 79.9. The van der Waals surface area contributed by atoms with Crippen molar-refractivity contribution in [2.75, 3.05) is 25.2 Å². The van der Waals surface area contributed by atoms with Gasteiger partial charge in [0.1, 0.15) is 0 Å². The fourth-order valence-corrected chi connectivity index (χ4v) is 2.90. The van der Waals surface area contributed by atoms with Crippen LogP contribution >= 0.6 is 27.5 Å². The maximum Gasteiger partial charge on any atom is 0.0494 e. The Morgan fingerprint density at radius 1 is 1.41 bits per heavy atom. The van der Waals surface area contributed by atoms with Crippen molar-refractivity contribution < 1.29 is 4.74 Å². The minimum Gasteiger partial charge on any atom is -0.381 e. The molecule has 1 fully saturated rings. The smallest absolute Gasteiger partial charge is 0.0494 e. The largest absolute Gasteiger partial charge is 0.381 e. The third kappa shape index (κ3) is 3.15. The van der Waals surface area contributed by atoms with Crippen LogP contribution in [0, 0.1) is 0 Å². The zero-order chi connectivity index (χ0) is 12.3. The van der Waals surface area contributed by atoms with E-state index in [1.807, 2.05) is 0 Å². The van der Waals surface area contributed by atoms with Crippen molar-refractivity contribution in [1.29, 1.82) is 0 Å². The van der Waals surface area contributed by atoms with Crippen LogP contribution in [0.5, 0.6) is 0 Å². The van der Waals surface area contributed by atoms with Crippen LogP contribution in [0.4, 0.5) is 5.69 Å². The monoisotopic (exact) mass is 317 g/mol.